The zero-order valence-electron chi connectivity index (χ0n) is 15.6. The Balaban J connectivity index is 1.51. The minimum atomic E-state index is -0.170. The largest absolute Gasteiger partial charge is 0.507 e. The van der Waals surface area contributed by atoms with Crippen LogP contribution in [0, 0.1) is 0 Å². The molecule has 1 amide bonds. The van der Waals surface area contributed by atoms with E-state index >= 15 is 0 Å². The summed E-state index contributed by atoms with van der Waals surface area (Å²) in [7, 11) is 0. The molecule has 1 aromatic heterocycles. The van der Waals surface area contributed by atoms with Crippen LogP contribution >= 0.6 is 0 Å². The smallest absolute Gasteiger partial charge is 0.241 e. The zero-order chi connectivity index (χ0) is 19.5. The minimum Gasteiger partial charge on any atom is -0.507 e. The van der Waals surface area contributed by atoms with E-state index in [1.54, 1.807) is 25.1 Å². The molecule has 28 heavy (non-hydrogen) atoms. The topological polar surface area (TPSA) is 66.6 Å². The van der Waals surface area contributed by atoms with Crippen LogP contribution in [0.25, 0.3) is 21.8 Å². The highest BCUT2D eigenvalue weighted by molar-refractivity contribution is 6.08. The molecule has 4 rings (SSSR count). The van der Waals surface area contributed by atoms with Gasteiger partial charge in [0.2, 0.25) is 5.91 Å². The number of nitrogens with zero attached hydrogens (tertiary/aromatic N) is 2. The molecule has 1 heterocycles. The molecule has 0 fully saturated rings. The average molecular weight is 371 g/mol. The predicted molar refractivity (Wildman–Crippen MR) is 113 cm³/mol. The lowest BCUT2D eigenvalue weighted by molar-refractivity contribution is -0.121. The van der Waals surface area contributed by atoms with E-state index in [0.717, 1.165) is 11.0 Å². The first-order chi connectivity index (χ1) is 13.6. The van der Waals surface area contributed by atoms with Crippen LogP contribution in [0.15, 0.2) is 77.9 Å². The lowest BCUT2D eigenvalue weighted by atomic mass is 10.1. The van der Waals surface area contributed by atoms with Crippen LogP contribution < -0.4 is 5.43 Å². The van der Waals surface area contributed by atoms with Crippen molar-refractivity contribution in [2.24, 2.45) is 5.10 Å². The van der Waals surface area contributed by atoms with Crippen molar-refractivity contribution in [1.82, 2.24) is 9.99 Å². The summed E-state index contributed by atoms with van der Waals surface area (Å²) in [5.74, 6) is -0.0279. The van der Waals surface area contributed by atoms with Crippen molar-refractivity contribution in [1.29, 1.82) is 0 Å². The number of aromatic hydroxyl groups is 1. The average Bonchev–Trinajstić information content (AvgIpc) is 3.05. The molecule has 0 aliphatic heterocycles. The summed E-state index contributed by atoms with van der Waals surface area (Å²) in [5, 5.41) is 16.4. The van der Waals surface area contributed by atoms with E-state index in [2.05, 4.69) is 39.4 Å². The van der Waals surface area contributed by atoms with Crippen LogP contribution in [-0.4, -0.2) is 21.3 Å². The van der Waals surface area contributed by atoms with E-state index in [1.165, 1.54) is 10.8 Å². The highest BCUT2D eigenvalue weighted by atomic mass is 16.3. The number of carbonyl (C=O) groups excluding carboxylic acids is 1. The first-order valence-electron chi connectivity index (χ1n) is 9.22. The maximum absolute atomic E-state index is 12.3. The molecule has 0 spiro atoms. The maximum Gasteiger partial charge on any atom is 0.241 e. The molecular weight excluding hydrogens is 350 g/mol. The standard InChI is InChI=1S/C23H21N3O2/c1-16(17-8-4-7-13-22(17)27)24-25-23(28)14-15-26-20-11-5-2-9-18(20)19-10-3-6-12-21(19)26/h2-13,27H,14-15H2,1H3,(H,25,28). The number of amides is 1. The second kappa shape index (κ2) is 7.56. The van der Waals surface area contributed by atoms with Crippen LogP contribution in [0.5, 0.6) is 5.75 Å². The zero-order valence-corrected chi connectivity index (χ0v) is 15.6. The number of fused-ring (bicyclic) bond motifs is 3. The van der Waals surface area contributed by atoms with Gasteiger partial charge in [0.05, 0.1) is 5.71 Å². The fourth-order valence-corrected chi connectivity index (χ4v) is 3.50. The van der Waals surface area contributed by atoms with Gasteiger partial charge < -0.3 is 9.67 Å². The number of phenolic OH excluding ortho intramolecular Hbond substituents is 1. The third-order valence-corrected chi connectivity index (χ3v) is 4.88. The van der Waals surface area contributed by atoms with Gasteiger partial charge in [-0.2, -0.15) is 5.10 Å². The highest BCUT2D eigenvalue weighted by Crippen LogP contribution is 2.28. The lowest BCUT2D eigenvalue weighted by Crippen LogP contribution is -2.20. The van der Waals surface area contributed by atoms with Gasteiger partial charge in [0.15, 0.2) is 0 Å². The molecule has 3 aromatic carbocycles. The van der Waals surface area contributed by atoms with Gasteiger partial charge in [-0.3, -0.25) is 4.79 Å². The van der Waals surface area contributed by atoms with Crippen molar-refractivity contribution < 1.29 is 9.90 Å². The summed E-state index contributed by atoms with van der Waals surface area (Å²) in [5.41, 5.74) is 5.98. The van der Waals surface area contributed by atoms with Crippen molar-refractivity contribution in [3.05, 3.63) is 78.4 Å². The molecular formula is C23H21N3O2. The molecule has 0 saturated heterocycles. The van der Waals surface area contributed by atoms with Crippen LogP contribution in [0.3, 0.4) is 0 Å². The Labute approximate surface area is 162 Å². The van der Waals surface area contributed by atoms with Crippen molar-refractivity contribution in [3.8, 4) is 5.75 Å². The summed E-state index contributed by atoms with van der Waals surface area (Å²) >= 11 is 0. The van der Waals surface area contributed by atoms with E-state index in [0.29, 0.717) is 24.2 Å². The lowest BCUT2D eigenvalue weighted by Gasteiger charge is -2.08. The fourth-order valence-electron chi connectivity index (χ4n) is 3.50. The summed E-state index contributed by atoms with van der Waals surface area (Å²) in [6, 6.07) is 23.4. The van der Waals surface area contributed by atoms with E-state index in [9.17, 15) is 9.90 Å². The van der Waals surface area contributed by atoms with Gasteiger partial charge in [-0.15, -0.1) is 0 Å². The van der Waals surface area contributed by atoms with Crippen molar-refractivity contribution in [2.75, 3.05) is 0 Å². The number of hydrogen-bond acceptors (Lipinski definition) is 3. The minimum absolute atomic E-state index is 0.142. The molecule has 140 valence electrons. The summed E-state index contributed by atoms with van der Waals surface area (Å²) in [6.07, 6.45) is 0.306. The van der Waals surface area contributed by atoms with Gasteiger partial charge in [-0.1, -0.05) is 48.5 Å². The number of aromatic nitrogens is 1. The number of hydrazone groups is 1. The predicted octanol–water partition coefficient (Wildman–Crippen LogP) is 4.43. The first kappa shape index (κ1) is 17.8. The number of hydrogen-bond donors (Lipinski definition) is 2. The van der Waals surface area contributed by atoms with E-state index in [-0.39, 0.29) is 11.7 Å². The second-order valence-electron chi connectivity index (χ2n) is 6.69. The van der Waals surface area contributed by atoms with Gasteiger partial charge >= 0.3 is 0 Å². The van der Waals surface area contributed by atoms with Crippen molar-refractivity contribution >= 4 is 33.4 Å². The molecule has 5 heteroatoms. The molecule has 2 N–H and O–H groups in total. The number of carbonyl (C=O) groups is 1. The van der Waals surface area contributed by atoms with Gasteiger partial charge in [-0.25, -0.2) is 5.43 Å². The Morgan fingerprint density at radius 3 is 2.14 bits per heavy atom. The number of phenols is 1. The number of para-hydroxylation sites is 3. The quantitative estimate of drug-likeness (QED) is 0.403. The molecule has 0 unspecified atom stereocenters. The maximum atomic E-state index is 12.3. The molecule has 0 saturated carbocycles. The fraction of sp³-hybridized carbons (Fsp3) is 0.130. The number of rotatable bonds is 5. The van der Waals surface area contributed by atoms with E-state index in [1.807, 2.05) is 30.3 Å². The third-order valence-electron chi connectivity index (χ3n) is 4.88. The number of benzene rings is 3. The first-order valence-corrected chi connectivity index (χ1v) is 9.22. The highest BCUT2D eigenvalue weighted by Gasteiger charge is 2.11. The monoisotopic (exact) mass is 371 g/mol. The number of aryl methyl sites for hydroxylation is 1. The van der Waals surface area contributed by atoms with Gasteiger partial charge in [-0.05, 0) is 31.2 Å². The van der Waals surface area contributed by atoms with Crippen molar-refractivity contribution in [2.45, 2.75) is 19.9 Å². The Morgan fingerprint density at radius 2 is 1.50 bits per heavy atom. The van der Waals surface area contributed by atoms with Gasteiger partial charge in [0, 0.05) is 40.3 Å². The summed E-state index contributed by atoms with van der Waals surface area (Å²) < 4.78 is 2.17. The Bertz CT molecular complexity index is 1140. The van der Waals surface area contributed by atoms with E-state index < -0.39 is 0 Å². The normalized spacial score (nSPS) is 11.8. The summed E-state index contributed by atoms with van der Waals surface area (Å²) in [6.45, 7) is 2.31. The van der Waals surface area contributed by atoms with Crippen LogP contribution in [0.1, 0.15) is 18.9 Å². The molecule has 0 aliphatic carbocycles. The van der Waals surface area contributed by atoms with Crippen LogP contribution in [-0.2, 0) is 11.3 Å². The van der Waals surface area contributed by atoms with E-state index in [4.69, 9.17) is 0 Å². The Morgan fingerprint density at radius 1 is 0.929 bits per heavy atom. The Kier molecular flexibility index (Phi) is 4.81. The van der Waals surface area contributed by atoms with Crippen LogP contribution in [0.4, 0.5) is 0 Å². The molecule has 0 bridgehead atoms. The molecule has 0 aliphatic rings. The molecule has 4 aromatic rings. The molecule has 0 atom stereocenters. The second-order valence-corrected chi connectivity index (χ2v) is 6.69. The van der Waals surface area contributed by atoms with Gasteiger partial charge in [0.25, 0.3) is 0 Å². The summed E-state index contributed by atoms with van der Waals surface area (Å²) in [4.78, 5) is 12.3. The Hall–Kier alpha value is -3.60. The van der Waals surface area contributed by atoms with Gasteiger partial charge in [0.1, 0.15) is 5.75 Å². The molecule has 0 radical (unpaired) electrons. The van der Waals surface area contributed by atoms with Crippen molar-refractivity contribution in [3.63, 3.8) is 0 Å². The SMILES string of the molecule is CC(=NNC(=O)CCn1c2ccccc2c2ccccc21)c1ccccc1O. The third kappa shape index (κ3) is 3.34. The van der Waals surface area contributed by atoms with Crippen LogP contribution in [0.2, 0.25) is 0 Å². The number of nitrogens with one attached hydrogen (secondary N) is 1. The molecule has 5 nitrogen and oxygen atoms in total.